The third-order valence-electron chi connectivity index (χ3n) is 4.09. The third-order valence-corrected chi connectivity index (χ3v) is 5.89. The normalized spacial score (nSPS) is 13.5. The fourth-order valence-corrected chi connectivity index (χ4v) is 4.07. The number of nitrogens with zero attached hydrogens (tertiary/aromatic N) is 1. The molecule has 0 aliphatic carbocycles. The van der Waals surface area contributed by atoms with E-state index in [2.05, 4.69) is 5.32 Å². The van der Waals surface area contributed by atoms with Gasteiger partial charge in [-0.15, -0.1) is 0 Å². The molecule has 8 nitrogen and oxygen atoms in total. The average Bonchev–Trinajstić information content (AvgIpc) is 2.70. The van der Waals surface area contributed by atoms with Crippen LogP contribution < -0.4 is 14.4 Å². The SMILES string of the molecule is COc1ccccc1N(C[C@H](O)CN[C@@H](C)C(=O)O)S(=O)(=O)c1ccccc1. The number of aliphatic hydroxyl groups excluding tert-OH is 1. The lowest BCUT2D eigenvalue weighted by molar-refractivity contribution is -0.139. The summed E-state index contributed by atoms with van der Waals surface area (Å²) in [5.74, 6) is -0.730. The van der Waals surface area contributed by atoms with Crippen LogP contribution in [0.3, 0.4) is 0 Å². The van der Waals surface area contributed by atoms with E-state index in [4.69, 9.17) is 9.84 Å². The predicted octanol–water partition coefficient (Wildman–Crippen LogP) is 1.31. The number of hydrogen-bond acceptors (Lipinski definition) is 6. The zero-order valence-electron chi connectivity index (χ0n) is 15.6. The first-order chi connectivity index (χ1) is 13.3. The molecule has 28 heavy (non-hydrogen) atoms. The second kappa shape index (κ2) is 9.54. The first-order valence-corrected chi connectivity index (χ1v) is 10.1. The number of rotatable bonds is 10. The molecule has 9 heteroatoms. The molecule has 0 unspecified atom stereocenters. The number of anilines is 1. The molecule has 2 rings (SSSR count). The van der Waals surface area contributed by atoms with E-state index < -0.39 is 28.1 Å². The predicted molar refractivity (Wildman–Crippen MR) is 105 cm³/mol. The van der Waals surface area contributed by atoms with Crippen molar-refractivity contribution in [2.24, 2.45) is 0 Å². The summed E-state index contributed by atoms with van der Waals surface area (Å²) in [6.07, 6.45) is -1.15. The van der Waals surface area contributed by atoms with Crippen LogP contribution in [-0.4, -0.2) is 56.9 Å². The van der Waals surface area contributed by atoms with Crippen LogP contribution in [0.25, 0.3) is 0 Å². The summed E-state index contributed by atoms with van der Waals surface area (Å²) in [4.78, 5) is 11.0. The van der Waals surface area contributed by atoms with E-state index in [1.54, 1.807) is 42.5 Å². The van der Waals surface area contributed by atoms with Crippen molar-refractivity contribution in [3.8, 4) is 5.75 Å². The van der Waals surface area contributed by atoms with Crippen LogP contribution in [-0.2, 0) is 14.8 Å². The van der Waals surface area contributed by atoms with Crippen molar-refractivity contribution in [2.75, 3.05) is 24.5 Å². The van der Waals surface area contributed by atoms with Gasteiger partial charge in [0, 0.05) is 6.54 Å². The highest BCUT2D eigenvalue weighted by molar-refractivity contribution is 7.92. The first kappa shape index (κ1) is 21.7. The van der Waals surface area contributed by atoms with Gasteiger partial charge in [-0.3, -0.25) is 9.10 Å². The Kier molecular flexibility index (Phi) is 7.38. The topological polar surface area (TPSA) is 116 Å². The van der Waals surface area contributed by atoms with Crippen molar-refractivity contribution in [1.29, 1.82) is 0 Å². The van der Waals surface area contributed by atoms with E-state index in [1.165, 1.54) is 26.2 Å². The van der Waals surface area contributed by atoms with Crippen LogP contribution >= 0.6 is 0 Å². The maximum atomic E-state index is 13.2. The molecule has 2 aromatic rings. The van der Waals surface area contributed by atoms with Crippen LogP contribution in [0.15, 0.2) is 59.5 Å². The summed E-state index contributed by atoms with van der Waals surface area (Å²) in [6, 6.07) is 13.6. The zero-order valence-corrected chi connectivity index (χ0v) is 16.5. The number of hydrogen-bond donors (Lipinski definition) is 3. The molecule has 0 spiro atoms. The first-order valence-electron chi connectivity index (χ1n) is 8.62. The zero-order chi connectivity index (χ0) is 20.7. The highest BCUT2D eigenvalue weighted by Crippen LogP contribution is 2.32. The van der Waals surface area contributed by atoms with Gasteiger partial charge in [0.2, 0.25) is 0 Å². The molecule has 2 atom stereocenters. The molecule has 0 saturated heterocycles. The van der Waals surface area contributed by atoms with E-state index in [-0.39, 0.29) is 23.7 Å². The highest BCUT2D eigenvalue weighted by Gasteiger charge is 2.29. The van der Waals surface area contributed by atoms with Crippen molar-refractivity contribution in [1.82, 2.24) is 5.32 Å². The summed E-state index contributed by atoms with van der Waals surface area (Å²) in [5.41, 5.74) is 0.277. The second-order valence-electron chi connectivity index (χ2n) is 6.14. The smallest absolute Gasteiger partial charge is 0.320 e. The van der Waals surface area contributed by atoms with Crippen LogP contribution in [0.1, 0.15) is 6.92 Å². The Labute approximate surface area is 164 Å². The molecule has 2 aromatic carbocycles. The summed E-state index contributed by atoms with van der Waals surface area (Å²) >= 11 is 0. The molecular weight excluding hydrogens is 384 g/mol. The number of aliphatic hydroxyl groups is 1. The molecule has 0 saturated carbocycles. The maximum Gasteiger partial charge on any atom is 0.320 e. The van der Waals surface area contributed by atoms with E-state index >= 15 is 0 Å². The van der Waals surface area contributed by atoms with Gasteiger partial charge in [0.25, 0.3) is 10.0 Å². The Morgan fingerprint density at radius 1 is 1.14 bits per heavy atom. The minimum Gasteiger partial charge on any atom is -0.495 e. The summed E-state index contributed by atoms with van der Waals surface area (Å²) in [5, 5.41) is 22.0. The van der Waals surface area contributed by atoms with E-state index in [0.717, 1.165) is 4.31 Å². The fourth-order valence-electron chi connectivity index (χ4n) is 2.54. The Morgan fingerprint density at radius 2 is 1.75 bits per heavy atom. The number of benzene rings is 2. The Morgan fingerprint density at radius 3 is 2.36 bits per heavy atom. The number of methoxy groups -OCH3 is 1. The number of nitrogens with one attached hydrogen (secondary N) is 1. The lowest BCUT2D eigenvalue weighted by atomic mass is 10.2. The summed E-state index contributed by atoms with van der Waals surface area (Å²) in [7, 11) is -2.56. The third kappa shape index (κ3) is 5.22. The van der Waals surface area contributed by atoms with E-state index in [0.29, 0.717) is 5.75 Å². The van der Waals surface area contributed by atoms with Crippen molar-refractivity contribution < 1.29 is 28.2 Å². The van der Waals surface area contributed by atoms with Crippen molar-refractivity contribution in [3.63, 3.8) is 0 Å². The molecule has 0 amide bonds. The molecule has 0 heterocycles. The van der Waals surface area contributed by atoms with Crippen LogP contribution in [0.5, 0.6) is 5.75 Å². The number of aliphatic carboxylic acids is 1. The highest BCUT2D eigenvalue weighted by atomic mass is 32.2. The van der Waals surface area contributed by atoms with Gasteiger partial charge in [-0.2, -0.15) is 0 Å². The molecule has 152 valence electrons. The molecule has 0 aliphatic heterocycles. The van der Waals surface area contributed by atoms with Gasteiger partial charge >= 0.3 is 5.97 Å². The Balaban J connectivity index is 2.36. The van der Waals surface area contributed by atoms with Crippen molar-refractivity contribution >= 4 is 21.7 Å². The molecule has 0 bridgehead atoms. The lowest BCUT2D eigenvalue weighted by Crippen LogP contribution is -2.45. The van der Waals surface area contributed by atoms with Gasteiger partial charge < -0.3 is 20.3 Å². The van der Waals surface area contributed by atoms with E-state index in [9.17, 15) is 18.3 Å². The molecule has 3 N–H and O–H groups in total. The molecule has 0 aliphatic rings. The van der Waals surface area contributed by atoms with Crippen LogP contribution in [0, 0.1) is 0 Å². The number of para-hydroxylation sites is 2. The summed E-state index contributed by atoms with van der Waals surface area (Å²) in [6.45, 7) is 1.06. The Hall–Kier alpha value is -2.62. The van der Waals surface area contributed by atoms with E-state index in [1.807, 2.05) is 0 Å². The standard InChI is InChI=1S/C19H24N2O6S/c1-14(19(23)24)20-12-15(22)13-21(17-10-6-7-11-18(17)27-2)28(25,26)16-8-4-3-5-9-16/h3-11,14-15,20,22H,12-13H2,1-2H3,(H,23,24)/t14-,15+/m0/s1. The van der Waals surface area contributed by atoms with Gasteiger partial charge in [-0.25, -0.2) is 8.42 Å². The molecular formula is C19H24N2O6S. The minimum absolute atomic E-state index is 0.0694. The van der Waals surface area contributed by atoms with Gasteiger partial charge in [0.15, 0.2) is 0 Å². The average molecular weight is 408 g/mol. The largest absolute Gasteiger partial charge is 0.495 e. The number of carboxylic acid groups (broad SMARTS) is 1. The number of carbonyl (C=O) groups is 1. The lowest BCUT2D eigenvalue weighted by Gasteiger charge is -2.28. The molecule has 0 fully saturated rings. The number of ether oxygens (including phenoxy) is 1. The maximum absolute atomic E-state index is 13.2. The van der Waals surface area contributed by atoms with Crippen LogP contribution in [0.2, 0.25) is 0 Å². The van der Waals surface area contributed by atoms with Gasteiger partial charge in [0.05, 0.1) is 30.3 Å². The fraction of sp³-hybridized carbons (Fsp3) is 0.316. The quantitative estimate of drug-likeness (QED) is 0.543. The molecule has 0 radical (unpaired) electrons. The number of carboxylic acids is 1. The van der Waals surface area contributed by atoms with Gasteiger partial charge in [-0.1, -0.05) is 30.3 Å². The van der Waals surface area contributed by atoms with Crippen molar-refractivity contribution in [2.45, 2.75) is 24.0 Å². The monoisotopic (exact) mass is 408 g/mol. The van der Waals surface area contributed by atoms with Crippen molar-refractivity contribution in [3.05, 3.63) is 54.6 Å². The minimum atomic E-state index is -3.99. The molecule has 0 aromatic heterocycles. The Bertz CT molecular complexity index is 888. The van der Waals surface area contributed by atoms with Crippen LogP contribution in [0.4, 0.5) is 5.69 Å². The number of sulfonamides is 1. The van der Waals surface area contributed by atoms with Gasteiger partial charge in [0.1, 0.15) is 11.8 Å². The second-order valence-corrected chi connectivity index (χ2v) is 8.01. The summed E-state index contributed by atoms with van der Waals surface area (Å²) < 4.78 is 32.8. The van der Waals surface area contributed by atoms with Gasteiger partial charge in [-0.05, 0) is 31.2 Å².